The molecule has 0 saturated heterocycles. The smallest absolute Gasteiger partial charge is 0.303 e. The molecule has 4 aromatic carbocycles. The Hall–Kier alpha value is -7.08. The molecule has 17 nitrogen and oxygen atoms in total. The highest BCUT2D eigenvalue weighted by molar-refractivity contribution is 8.04. The van der Waals surface area contributed by atoms with Gasteiger partial charge in [0.05, 0.1) is 28.4 Å². The molecule has 4 aromatic rings. The third kappa shape index (κ3) is 12.3. The van der Waals surface area contributed by atoms with E-state index >= 15 is 4.79 Å². The number of anilines is 1. The molecule has 0 radical (unpaired) electrons. The fourth-order valence-electron chi connectivity index (χ4n) is 7.03. The van der Waals surface area contributed by atoms with Crippen molar-refractivity contribution in [2.24, 2.45) is 16.1 Å². The molecule has 1 amide bonds. The minimum Gasteiger partial charge on any atom is -0.497 e. The van der Waals surface area contributed by atoms with Gasteiger partial charge in [-0.15, -0.1) is 0 Å². The number of benzene rings is 4. The highest BCUT2D eigenvalue weighted by Gasteiger charge is 2.58. The number of methoxy groups -OCH3 is 1. The predicted octanol–water partition coefficient (Wildman–Crippen LogP) is 7.63. The molecule has 0 unspecified atom stereocenters. The zero-order valence-electron chi connectivity index (χ0n) is 35.4. The van der Waals surface area contributed by atoms with Gasteiger partial charge in [0.15, 0.2) is 12.2 Å². The van der Waals surface area contributed by atoms with Gasteiger partial charge < -0.3 is 33.9 Å². The van der Waals surface area contributed by atoms with Crippen LogP contribution in [0.3, 0.4) is 0 Å². The van der Waals surface area contributed by atoms with E-state index in [0.717, 1.165) is 45.0 Å². The molecule has 0 bridgehead atoms. The van der Waals surface area contributed by atoms with Crippen LogP contribution in [0.1, 0.15) is 45.2 Å². The summed E-state index contributed by atoms with van der Waals surface area (Å²) in [5.41, 5.74) is 2.13. The van der Waals surface area contributed by atoms with Gasteiger partial charge in [-0.1, -0.05) is 72.4 Å². The number of nitro benzene ring substituents is 1. The summed E-state index contributed by atoms with van der Waals surface area (Å²) in [6.45, 7) is 4.25. The van der Waals surface area contributed by atoms with Gasteiger partial charge in [-0.3, -0.25) is 34.1 Å². The quantitative estimate of drug-likeness (QED) is 0.0315. The Balaban J connectivity index is 1.80. The third-order valence-corrected chi connectivity index (χ3v) is 11.5. The van der Waals surface area contributed by atoms with E-state index in [0.29, 0.717) is 28.6 Å². The summed E-state index contributed by atoms with van der Waals surface area (Å²) in [4.78, 5) is 78.8. The lowest BCUT2D eigenvalue weighted by Crippen LogP contribution is -2.50. The Morgan fingerprint density at radius 3 is 1.92 bits per heavy atom. The summed E-state index contributed by atoms with van der Waals surface area (Å²) in [5, 5.41) is 24.5. The van der Waals surface area contributed by atoms with Crippen LogP contribution in [0.2, 0.25) is 0 Å². The molecule has 1 N–H and O–H groups in total. The van der Waals surface area contributed by atoms with Crippen molar-refractivity contribution in [1.82, 2.24) is 4.90 Å². The Bertz CT molecular complexity index is 2330. The zero-order chi connectivity index (χ0) is 45.7. The van der Waals surface area contributed by atoms with Gasteiger partial charge in [-0.25, -0.2) is 0 Å². The van der Waals surface area contributed by atoms with E-state index in [-0.39, 0.29) is 23.5 Å². The molecule has 5 atom stereocenters. The Morgan fingerprint density at radius 2 is 1.37 bits per heavy atom. The van der Waals surface area contributed by atoms with Crippen molar-refractivity contribution >= 4 is 58.6 Å². The molecular formula is C45H47N5O12S. The second-order valence-electron chi connectivity index (χ2n) is 14.4. The van der Waals surface area contributed by atoms with Crippen LogP contribution in [-0.4, -0.2) is 78.7 Å². The molecule has 330 valence electrons. The Morgan fingerprint density at radius 1 is 0.778 bits per heavy atom. The van der Waals surface area contributed by atoms with Crippen LogP contribution in [0.4, 0.5) is 17.1 Å². The zero-order valence-corrected chi connectivity index (χ0v) is 36.2. The van der Waals surface area contributed by atoms with E-state index in [1.807, 2.05) is 42.3 Å². The van der Waals surface area contributed by atoms with Gasteiger partial charge >= 0.3 is 23.9 Å². The molecule has 5 rings (SSSR count). The predicted molar refractivity (Wildman–Crippen MR) is 231 cm³/mol. The van der Waals surface area contributed by atoms with Crippen molar-refractivity contribution in [1.29, 1.82) is 0 Å². The van der Waals surface area contributed by atoms with Crippen LogP contribution >= 0.6 is 11.8 Å². The molecule has 1 heterocycles. The summed E-state index contributed by atoms with van der Waals surface area (Å²) in [5.74, 6) is -4.35. The SMILES string of the molecule is COc1ccc(N=NC2=C(N(C)Cc3ccccc3)S[C@@](C(=O)Nc3ccc([N+](=O)[O-])cc3)(c3ccccc3)[C@H]2C[C@@H](OC(C)=O)[C@H](OC(C)=O)[C@@H](COC(C)=O)OC(C)=O)cc1. The van der Waals surface area contributed by atoms with E-state index in [9.17, 15) is 29.3 Å². The fraction of sp³-hybridized carbons (Fsp3) is 0.311. The van der Waals surface area contributed by atoms with Crippen molar-refractivity contribution in [3.8, 4) is 5.75 Å². The average Bonchev–Trinajstić information content (AvgIpc) is 3.58. The highest BCUT2D eigenvalue weighted by Crippen LogP contribution is 2.60. The number of carbonyl (C=O) groups excluding carboxylic acids is 5. The number of ether oxygens (including phenoxy) is 5. The first-order valence-corrected chi connectivity index (χ1v) is 20.4. The largest absolute Gasteiger partial charge is 0.497 e. The number of hydrogen-bond acceptors (Lipinski definition) is 16. The fourth-order valence-corrected chi connectivity index (χ4v) is 8.59. The maximum Gasteiger partial charge on any atom is 0.303 e. The summed E-state index contributed by atoms with van der Waals surface area (Å²) < 4.78 is 26.2. The number of hydrogen-bond donors (Lipinski definition) is 1. The van der Waals surface area contributed by atoms with Crippen LogP contribution in [0.15, 0.2) is 130 Å². The molecule has 18 heteroatoms. The minimum absolute atomic E-state index is 0.191. The van der Waals surface area contributed by atoms with Gasteiger partial charge in [0.2, 0.25) is 5.91 Å². The standard InChI is InChI=1S/C45H47N5O12S/c1-28(51)59-27-40(61-30(3)53)42(62-31(4)54)39(60-29(2)52)25-38-41(48-47-35-19-23-37(58-6)24-20-35)43(49(5)26-32-13-9-7-10-14-32)63-45(38,33-15-11-8-12-16-33)44(55)46-34-17-21-36(22-18-34)50(56)57/h7-24,38-40,42H,25-27H2,1-6H3,(H,46,55)/t38-,39+,40+,42-,45-/m0/s1. The van der Waals surface area contributed by atoms with Crippen molar-refractivity contribution in [3.63, 3.8) is 0 Å². The molecule has 0 aliphatic carbocycles. The molecule has 1 aliphatic heterocycles. The lowest BCUT2D eigenvalue weighted by molar-refractivity contribution is -0.384. The Labute approximate surface area is 367 Å². The number of rotatable bonds is 19. The van der Waals surface area contributed by atoms with Crippen molar-refractivity contribution in [3.05, 3.63) is 141 Å². The second-order valence-corrected chi connectivity index (χ2v) is 15.6. The van der Waals surface area contributed by atoms with Crippen LogP contribution in [0.25, 0.3) is 0 Å². The number of carbonyl (C=O) groups is 5. The van der Waals surface area contributed by atoms with Crippen molar-refractivity contribution < 1.29 is 52.6 Å². The summed E-state index contributed by atoms with van der Waals surface area (Å²) in [6.07, 6.45) is -4.89. The lowest BCUT2D eigenvalue weighted by atomic mass is 9.78. The maximum atomic E-state index is 15.5. The number of non-ortho nitro benzene ring substituents is 1. The number of amides is 1. The van der Waals surface area contributed by atoms with E-state index in [1.54, 1.807) is 54.6 Å². The molecule has 0 spiro atoms. The average molecular weight is 882 g/mol. The lowest BCUT2D eigenvalue weighted by Gasteiger charge is -2.38. The van der Waals surface area contributed by atoms with Gasteiger partial charge in [-0.05, 0) is 53.9 Å². The molecular weight excluding hydrogens is 835 g/mol. The van der Waals surface area contributed by atoms with Gasteiger partial charge in [-0.2, -0.15) is 10.2 Å². The van der Waals surface area contributed by atoms with Gasteiger partial charge in [0, 0.05) is 65.0 Å². The highest BCUT2D eigenvalue weighted by atomic mass is 32.2. The number of nitro groups is 1. The molecule has 0 fully saturated rings. The summed E-state index contributed by atoms with van der Waals surface area (Å²) >= 11 is 1.16. The van der Waals surface area contributed by atoms with Crippen LogP contribution in [0.5, 0.6) is 5.75 Å². The number of nitrogens with one attached hydrogen (secondary N) is 1. The van der Waals surface area contributed by atoms with Gasteiger partial charge in [0.25, 0.3) is 5.69 Å². The minimum atomic E-state index is -1.70. The van der Waals surface area contributed by atoms with Crippen LogP contribution in [0, 0.1) is 16.0 Å². The molecule has 1 aliphatic rings. The van der Waals surface area contributed by atoms with Crippen LogP contribution in [-0.2, 0) is 54.2 Å². The van der Waals surface area contributed by atoms with E-state index in [4.69, 9.17) is 28.8 Å². The van der Waals surface area contributed by atoms with Crippen molar-refractivity contribution in [2.45, 2.75) is 63.7 Å². The second kappa shape index (κ2) is 21.6. The topological polar surface area (TPSA) is 215 Å². The summed E-state index contributed by atoms with van der Waals surface area (Å²) in [7, 11) is 3.36. The van der Waals surface area contributed by atoms with E-state index < -0.39 is 70.3 Å². The number of thioether (sulfide) groups is 1. The normalized spacial score (nSPS) is 17.2. The first-order valence-electron chi connectivity index (χ1n) is 19.6. The van der Waals surface area contributed by atoms with E-state index in [2.05, 4.69) is 10.4 Å². The number of azo groups is 1. The van der Waals surface area contributed by atoms with Gasteiger partial charge in [0.1, 0.15) is 23.2 Å². The number of esters is 4. The number of nitrogens with zero attached hydrogens (tertiary/aromatic N) is 4. The molecule has 63 heavy (non-hydrogen) atoms. The van der Waals surface area contributed by atoms with Crippen LogP contribution < -0.4 is 10.1 Å². The van der Waals surface area contributed by atoms with Crippen molar-refractivity contribution in [2.75, 3.05) is 26.1 Å². The summed E-state index contributed by atoms with van der Waals surface area (Å²) in [6, 6.07) is 30.5. The van der Waals surface area contributed by atoms with E-state index in [1.165, 1.54) is 31.4 Å². The molecule has 0 saturated carbocycles. The Kier molecular flexibility index (Phi) is 16.1. The maximum absolute atomic E-state index is 15.5. The first-order chi connectivity index (χ1) is 30.1. The number of allylic oxidation sites excluding steroid dienone is 1. The first kappa shape index (κ1) is 47.0. The third-order valence-electron chi connectivity index (χ3n) is 9.72. The monoisotopic (exact) mass is 881 g/mol. The molecule has 0 aromatic heterocycles.